The summed E-state index contributed by atoms with van der Waals surface area (Å²) in [5.41, 5.74) is 3.71. The van der Waals surface area contributed by atoms with Crippen LogP contribution in [0.5, 0.6) is 5.75 Å². The summed E-state index contributed by atoms with van der Waals surface area (Å²) in [7, 11) is 0. The first-order valence-electron chi connectivity index (χ1n) is 8.45. The van der Waals surface area contributed by atoms with Gasteiger partial charge in [-0.15, -0.1) is 0 Å². The number of hydrogen-bond acceptors (Lipinski definition) is 4. The Balaban J connectivity index is 1.35. The van der Waals surface area contributed by atoms with Crippen molar-refractivity contribution in [2.24, 2.45) is 0 Å². The number of fused-ring (bicyclic) bond motifs is 1. The normalized spacial score (nSPS) is 12.9. The highest BCUT2D eigenvalue weighted by Crippen LogP contribution is 2.24. The number of carbonyl (C=O) groups excluding carboxylic acids is 1. The molecule has 1 aliphatic rings. The number of nitrogens with zero attached hydrogens (tertiary/aromatic N) is 2. The Labute approximate surface area is 151 Å². The first-order valence-corrected chi connectivity index (χ1v) is 8.45. The van der Waals surface area contributed by atoms with Crippen molar-refractivity contribution in [2.45, 2.75) is 19.7 Å². The fraction of sp³-hybridized carbons (Fsp3) is 0.200. The van der Waals surface area contributed by atoms with E-state index < -0.39 is 0 Å². The van der Waals surface area contributed by atoms with Gasteiger partial charge >= 0.3 is 0 Å². The Kier molecular flexibility index (Phi) is 4.66. The van der Waals surface area contributed by atoms with Crippen LogP contribution in [-0.2, 0) is 24.4 Å². The maximum absolute atomic E-state index is 12.4. The molecule has 0 spiro atoms. The molecule has 0 radical (unpaired) electrons. The van der Waals surface area contributed by atoms with Gasteiger partial charge in [-0.2, -0.15) is 5.10 Å². The van der Waals surface area contributed by atoms with Crippen LogP contribution in [0, 0.1) is 0 Å². The first kappa shape index (κ1) is 16.4. The Bertz CT molecular complexity index is 889. The van der Waals surface area contributed by atoms with Gasteiger partial charge in [-0.25, -0.2) is 0 Å². The molecule has 1 aromatic heterocycles. The standard InChI is InChI=1S/C20H19N3O3/c24-20(17-6-7-19-18(10-17)13-25-14-26-19)21-11-15-2-4-16(5-3-15)12-23-9-1-8-22-23/h1-10H,11-14H2,(H,21,24). The van der Waals surface area contributed by atoms with Gasteiger partial charge < -0.3 is 14.8 Å². The smallest absolute Gasteiger partial charge is 0.251 e. The van der Waals surface area contributed by atoms with Gasteiger partial charge in [0, 0.05) is 30.1 Å². The van der Waals surface area contributed by atoms with Crippen LogP contribution in [0.15, 0.2) is 60.9 Å². The average molecular weight is 349 g/mol. The number of carbonyl (C=O) groups is 1. The second-order valence-electron chi connectivity index (χ2n) is 6.14. The zero-order valence-electron chi connectivity index (χ0n) is 14.2. The maximum Gasteiger partial charge on any atom is 0.251 e. The van der Waals surface area contributed by atoms with Crippen LogP contribution >= 0.6 is 0 Å². The summed E-state index contributed by atoms with van der Waals surface area (Å²) in [5, 5.41) is 7.15. The Morgan fingerprint density at radius 1 is 1.15 bits per heavy atom. The van der Waals surface area contributed by atoms with Crippen molar-refractivity contribution >= 4 is 5.91 Å². The number of nitrogens with one attached hydrogen (secondary N) is 1. The molecule has 0 atom stereocenters. The van der Waals surface area contributed by atoms with Gasteiger partial charge in [-0.1, -0.05) is 24.3 Å². The molecule has 6 heteroatoms. The van der Waals surface area contributed by atoms with Crippen molar-refractivity contribution in [3.8, 4) is 5.75 Å². The number of ether oxygens (including phenoxy) is 2. The van der Waals surface area contributed by atoms with Gasteiger partial charge in [-0.3, -0.25) is 9.48 Å². The zero-order chi connectivity index (χ0) is 17.8. The van der Waals surface area contributed by atoms with E-state index in [-0.39, 0.29) is 12.7 Å². The minimum absolute atomic E-state index is 0.112. The summed E-state index contributed by atoms with van der Waals surface area (Å²) < 4.78 is 12.5. The highest BCUT2D eigenvalue weighted by molar-refractivity contribution is 5.94. The Hall–Kier alpha value is -3.12. The number of rotatable bonds is 5. The van der Waals surface area contributed by atoms with Crippen molar-refractivity contribution in [3.63, 3.8) is 0 Å². The van der Waals surface area contributed by atoms with Crippen molar-refractivity contribution in [1.29, 1.82) is 0 Å². The lowest BCUT2D eigenvalue weighted by Crippen LogP contribution is -2.23. The molecule has 4 rings (SSSR count). The highest BCUT2D eigenvalue weighted by atomic mass is 16.7. The number of aromatic nitrogens is 2. The quantitative estimate of drug-likeness (QED) is 0.769. The number of amides is 1. The summed E-state index contributed by atoms with van der Waals surface area (Å²) >= 11 is 0. The van der Waals surface area contributed by atoms with Crippen LogP contribution in [0.2, 0.25) is 0 Å². The van der Waals surface area contributed by atoms with Crippen molar-refractivity contribution in [3.05, 3.63) is 83.2 Å². The Morgan fingerprint density at radius 3 is 2.81 bits per heavy atom. The lowest BCUT2D eigenvalue weighted by Gasteiger charge is -2.18. The van der Waals surface area contributed by atoms with Gasteiger partial charge in [0.1, 0.15) is 5.75 Å². The van der Waals surface area contributed by atoms with Crippen LogP contribution < -0.4 is 10.1 Å². The van der Waals surface area contributed by atoms with E-state index >= 15 is 0 Å². The molecule has 0 unspecified atom stereocenters. The largest absolute Gasteiger partial charge is 0.467 e. The van der Waals surface area contributed by atoms with Crippen molar-refractivity contribution < 1.29 is 14.3 Å². The predicted octanol–water partition coefficient (Wildman–Crippen LogP) is 2.73. The molecule has 2 heterocycles. The molecule has 132 valence electrons. The first-order chi connectivity index (χ1) is 12.8. The van der Waals surface area contributed by atoms with E-state index in [1.165, 1.54) is 5.56 Å². The third kappa shape index (κ3) is 3.75. The molecule has 26 heavy (non-hydrogen) atoms. The Morgan fingerprint density at radius 2 is 2.00 bits per heavy atom. The van der Waals surface area contributed by atoms with Crippen LogP contribution in [0.1, 0.15) is 27.0 Å². The molecule has 1 amide bonds. The molecule has 3 aromatic rings. The van der Waals surface area contributed by atoms with Crippen LogP contribution in [0.3, 0.4) is 0 Å². The van der Waals surface area contributed by atoms with Crippen LogP contribution in [-0.4, -0.2) is 22.5 Å². The minimum Gasteiger partial charge on any atom is -0.467 e. The molecule has 0 fully saturated rings. The van der Waals surface area contributed by atoms with E-state index in [9.17, 15) is 4.79 Å². The average Bonchev–Trinajstić information content (AvgIpc) is 3.20. The summed E-state index contributed by atoms with van der Waals surface area (Å²) in [6.07, 6.45) is 3.70. The SMILES string of the molecule is O=C(NCc1ccc(Cn2cccn2)cc1)c1ccc2c(c1)COCO2. The van der Waals surface area contributed by atoms with Gasteiger partial charge in [0.25, 0.3) is 5.91 Å². The molecule has 0 bridgehead atoms. The third-order valence-corrected chi connectivity index (χ3v) is 4.26. The molecule has 1 N–H and O–H groups in total. The number of benzene rings is 2. The van der Waals surface area contributed by atoms with Gasteiger partial charge in [-0.05, 0) is 35.4 Å². The van der Waals surface area contributed by atoms with Crippen molar-refractivity contribution in [1.82, 2.24) is 15.1 Å². The van der Waals surface area contributed by atoms with E-state index in [2.05, 4.69) is 22.5 Å². The van der Waals surface area contributed by atoms with E-state index in [0.717, 1.165) is 23.4 Å². The van der Waals surface area contributed by atoms with E-state index in [1.807, 2.05) is 41.2 Å². The fourth-order valence-electron chi connectivity index (χ4n) is 2.86. The van der Waals surface area contributed by atoms with Gasteiger partial charge in [0.15, 0.2) is 6.79 Å². The summed E-state index contributed by atoms with van der Waals surface area (Å²) in [6.45, 7) is 1.94. The predicted molar refractivity (Wildman–Crippen MR) is 95.7 cm³/mol. The second-order valence-corrected chi connectivity index (χ2v) is 6.14. The fourth-order valence-corrected chi connectivity index (χ4v) is 2.86. The number of hydrogen-bond donors (Lipinski definition) is 1. The molecule has 0 saturated heterocycles. The molecule has 0 saturated carbocycles. The topological polar surface area (TPSA) is 65.4 Å². The summed E-state index contributed by atoms with van der Waals surface area (Å²) in [6, 6.07) is 15.5. The highest BCUT2D eigenvalue weighted by Gasteiger charge is 2.14. The van der Waals surface area contributed by atoms with Gasteiger partial charge in [0.2, 0.25) is 0 Å². The monoisotopic (exact) mass is 349 g/mol. The lowest BCUT2D eigenvalue weighted by atomic mass is 10.1. The lowest BCUT2D eigenvalue weighted by molar-refractivity contribution is -0.0163. The second kappa shape index (κ2) is 7.41. The molecule has 0 aliphatic carbocycles. The maximum atomic E-state index is 12.4. The van der Waals surface area contributed by atoms with E-state index in [1.54, 1.807) is 12.3 Å². The molecular formula is C20H19N3O3. The molecule has 2 aromatic carbocycles. The minimum atomic E-state index is -0.112. The molecule has 1 aliphatic heterocycles. The third-order valence-electron chi connectivity index (χ3n) is 4.26. The van der Waals surface area contributed by atoms with Crippen LogP contribution in [0.25, 0.3) is 0 Å². The summed E-state index contributed by atoms with van der Waals surface area (Å²) in [4.78, 5) is 12.4. The van der Waals surface area contributed by atoms with E-state index in [0.29, 0.717) is 18.7 Å². The van der Waals surface area contributed by atoms with Gasteiger partial charge in [0.05, 0.1) is 13.2 Å². The summed E-state index contributed by atoms with van der Waals surface area (Å²) in [5.74, 6) is 0.666. The molecule has 6 nitrogen and oxygen atoms in total. The zero-order valence-corrected chi connectivity index (χ0v) is 14.2. The van der Waals surface area contributed by atoms with Crippen molar-refractivity contribution in [2.75, 3.05) is 6.79 Å². The molecular weight excluding hydrogens is 330 g/mol. The van der Waals surface area contributed by atoms with Crippen LogP contribution in [0.4, 0.5) is 0 Å². The van der Waals surface area contributed by atoms with E-state index in [4.69, 9.17) is 9.47 Å².